The predicted molar refractivity (Wildman–Crippen MR) is 88.9 cm³/mol. The van der Waals surface area contributed by atoms with Gasteiger partial charge in [-0.3, -0.25) is 5.10 Å². The van der Waals surface area contributed by atoms with Gasteiger partial charge in [0.15, 0.2) is 5.82 Å². The normalized spacial score (nSPS) is 10.9. The van der Waals surface area contributed by atoms with Crippen molar-refractivity contribution in [2.45, 2.75) is 13.8 Å². The van der Waals surface area contributed by atoms with Crippen LogP contribution in [0.5, 0.6) is 0 Å². The van der Waals surface area contributed by atoms with Crippen LogP contribution in [0.4, 0.5) is 5.82 Å². The molecule has 0 spiro atoms. The van der Waals surface area contributed by atoms with E-state index in [2.05, 4.69) is 46.0 Å². The van der Waals surface area contributed by atoms with E-state index in [1.165, 1.54) is 10.4 Å². The van der Waals surface area contributed by atoms with Crippen molar-refractivity contribution in [3.05, 3.63) is 45.2 Å². The van der Waals surface area contributed by atoms with Crippen LogP contribution in [-0.2, 0) is 0 Å². The average Bonchev–Trinajstić information content (AvgIpc) is 2.94. The van der Waals surface area contributed by atoms with Gasteiger partial charge in [-0.2, -0.15) is 5.10 Å². The lowest BCUT2D eigenvalue weighted by Gasteiger charge is -2.05. The largest absolute Gasteiger partial charge is 0.382 e. The maximum Gasteiger partial charge on any atom is 0.153 e. The number of aromatic amines is 1. The number of aromatic nitrogens is 2. The number of benzene rings is 1. The van der Waals surface area contributed by atoms with Crippen LogP contribution < -0.4 is 5.73 Å². The smallest absolute Gasteiger partial charge is 0.153 e. The Hall–Kier alpha value is -1.59. The summed E-state index contributed by atoms with van der Waals surface area (Å²) in [5, 5.41) is 7.26. The number of anilines is 1. The second-order valence-electron chi connectivity index (χ2n) is 4.69. The van der Waals surface area contributed by atoms with Gasteiger partial charge < -0.3 is 5.73 Å². The van der Waals surface area contributed by atoms with Crippen molar-refractivity contribution >= 4 is 33.1 Å². The number of hydrogen-bond acceptors (Lipinski definition) is 3. The molecule has 3 rings (SSSR count). The lowest BCUT2D eigenvalue weighted by Crippen LogP contribution is -1.89. The Balaban J connectivity index is 2.23. The summed E-state index contributed by atoms with van der Waals surface area (Å²) in [6.45, 7) is 4.24. The summed E-state index contributed by atoms with van der Waals surface area (Å²) in [6.07, 6.45) is 0. The fourth-order valence-corrected chi connectivity index (χ4v) is 3.69. The molecule has 2 aromatic heterocycles. The first-order chi connectivity index (χ1) is 9.58. The zero-order valence-electron chi connectivity index (χ0n) is 11.2. The first kappa shape index (κ1) is 13.4. The summed E-state index contributed by atoms with van der Waals surface area (Å²) in [7, 11) is 0. The minimum absolute atomic E-state index is 0.524. The minimum atomic E-state index is 0.524. The molecule has 0 bridgehead atoms. The van der Waals surface area contributed by atoms with E-state index >= 15 is 0 Å². The van der Waals surface area contributed by atoms with E-state index < -0.39 is 0 Å². The number of nitrogens with two attached hydrogens (primary N) is 1. The Morgan fingerprint density at radius 2 is 2.00 bits per heavy atom. The third kappa shape index (κ3) is 2.17. The van der Waals surface area contributed by atoms with E-state index in [9.17, 15) is 0 Å². The first-order valence-corrected chi connectivity index (χ1v) is 7.85. The van der Waals surface area contributed by atoms with Crippen LogP contribution in [0.2, 0.25) is 0 Å². The molecule has 0 radical (unpaired) electrons. The first-order valence-electron chi connectivity index (χ1n) is 6.24. The predicted octanol–water partition coefficient (Wildman–Crippen LogP) is 4.77. The molecule has 1 aromatic carbocycles. The molecule has 0 amide bonds. The Morgan fingerprint density at radius 1 is 1.25 bits per heavy atom. The van der Waals surface area contributed by atoms with E-state index in [1.54, 1.807) is 11.3 Å². The summed E-state index contributed by atoms with van der Waals surface area (Å²) in [6, 6.07) is 10.2. The number of hydrogen-bond donors (Lipinski definition) is 2. The second-order valence-corrected chi connectivity index (χ2v) is 6.80. The molecule has 0 saturated carbocycles. The van der Waals surface area contributed by atoms with Crippen molar-refractivity contribution in [3.63, 3.8) is 0 Å². The Labute approximate surface area is 130 Å². The molecule has 3 aromatic rings. The second kappa shape index (κ2) is 5.07. The highest BCUT2D eigenvalue weighted by Gasteiger charge is 2.18. The fourth-order valence-electron chi connectivity index (χ4n) is 2.17. The highest BCUT2D eigenvalue weighted by molar-refractivity contribution is 9.10. The van der Waals surface area contributed by atoms with Crippen LogP contribution in [0.3, 0.4) is 0 Å². The van der Waals surface area contributed by atoms with Crippen LogP contribution in [0.25, 0.3) is 21.7 Å². The molecule has 0 fully saturated rings. The number of halogens is 1. The van der Waals surface area contributed by atoms with Gasteiger partial charge in [0.2, 0.25) is 0 Å². The molecule has 0 saturated heterocycles. The van der Waals surface area contributed by atoms with Gasteiger partial charge in [0, 0.05) is 14.9 Å². The van der Waals surface area contributed by atoms with Crippen molar-refractivity contribution in [1.82, 2.24) is 10.2 Å². The zero-order valence-corrected chi connectivity index (χ0v) is 13.6. The van der Waals surface area contributed by atoms with Gasteiger partial charge >= 0.3 is 0 Å². The molecule has 5 heteroatoms. The summed E-state index contributed by atoms with van der Waals surface area (Å²) in [5.74, 6) is 0.524. The monoisotopic (exact) mass is 347 g/mol. The molecule has 0 atom stereocenters. The van der Waals surface area contributed by atoms with Gasteiger partial charge in [-0.05, 0) is 31.5 Å². The molecule has 102 valence electrons. The van der Waals surface area contributed by atoms with Crippen molar-refractivity contribution in [1.29, 1.82) is 0 Å². The molecule has 3 nitrogen and oxygen atoms in total. The third-order valence-electron chi connectivity index (χ3n) is 3.35. The quantitative estimate of drug-likeness (QED) is 0.701. The standard InChI is InChI=1S/C15H14BrN3S/c1-8-7-12(20-9(8)2)14-13(15(17)19-18-14)10-5-3-4-6-11(10)16/h3-7H,1-2H3,(H3,17,18,19). The van der Waals surface area contributed by atoms with Gasteiger partial charge in [0.25, 0.3) is 0 Å². The van der Waals surface area contributed by atoms with E-state index in [0.717, 1.165) is 26.2 Å². The van der Waals surface area contributed by atoms with Gasteiger partial charge in [-0.1, -0.05) is 34.1 Å². The summed E-state index contributed by atoms with van der Waals surface area (Å²) < 4.78 is 1.01. The van der Waals surface area contributed by atoms with Crippen molar-refractivity contribution in [3.8, 4) is 21.7 Å². The van der Waals surface area contributed by atoms with Crippen molar-refractivity contribution in [2.75, 3.05) is 5.73 Å². The molecule has 0 aliphatic rings. The zero-order chi connectivity index (χ0) is 14.3. The number of nitrogens with one attached hydrogen (secondary N) is 1. The number of rotatable bonds is 2. The number of nitrogens with zero attached hydrogens (tertiary/aromatic N) is 1. The van der Waals surface area contributed by atoms with Crippen molar-refractivity contribution in [2.24, 2.45) is 0 Å². The SMILES string of the molecule is Cc1cc(-c2[nH]nc(N)c2-c2ccccc2Br)sc1C. The van der Waals surface area contributed by atoms with Gasteiger partial charge in [-0.15, -0.1) is 11.3 Å². The van der Waals surface area contributed by atoms with Gasteiger partial charge in [0.1, 0.15) is 0 Å². The van der Waals surface area contributed by atoms with Crippen LogP contribution in [-0.4, -0.2) is 10.2 Å². The van der Waals surface area contributed by atoms with Crippen LogP contribution in [0, 0.1) is 13.8 Å². The molecule has 2 heterocycles. The van der Waals surface area contributed by atoms with E-state index in [0.29, 0.717) is 5.82 Å². The van der Waals surface area contributed by atoms with E-state index in [-0.39, 0.29) is 0 Å². The molecule has 20 heavy (non-hydrogen) atoms. The lowest BCUT2D eigenvalue weighted by atomic mass is 10.0. The topological polar surface area (TPSA) is 54.7 Å². The number of aryl methyl sites for hydroxylation is 2. The molecular weight excluding hydrogens is 334 g/mol. The number of thiophene rings is 1. The third-order valence-corrected chi connectivity index (χ3v) is 5.21. The summed E-state index contributed by atoms with van der Waals surface area (Å²) in [4.78, 5) is 2.47. The highest BCUT2D eigenvalue weighted by Crippen LogP contribution is 2.41. The maximum atomic E-state index is 6.07. The van der Waals surface area contributed by atoms with Crippen molar-refractivity contribution < 1.29 is 0 Å². The van der Waals surface area contributed by atoms with E-state index in [4.69, 9.17) is 5.73 Å². The van der Waals surface area contributed by atoms with E-state index in [1.807, 2.05) is 24.3 Å². The molecular formula is C15H14BrN3S. The number of nitrogen functional groups attached to an aromatic ring is 1. The highest BCUT2D eigenvalue weighted by atomic mass is 79.9. The summed E-state index contributed by atoms with van der Waals surface area (Å²) >= 11 is 5.34. The molecule has 3 N–H and O–H groups in total. The Bertz CT molecular complexity index is 754. The minimum Gasteiger partial charge on any atom is -0.382 e. The Kier molecular flexibility index (Phi) is 3.40. The number of H-pyrrole nitrogens is 1. The van der Waals surface area contributed by atoms with Crippen LogP contribution in [0.1, 0.15) is 10.4 Å². The fraction of sp³-hybridized carbons (Fsp3) is 0.133. The molecule has 0 aliphatic heterocycles. The molecule has 0 unspecified atom stereocenters. The van der Waals surface area contributed by atoms with Crippen LogP contribution in [0.15, 0.2) is 34.8 Å². The maximum absolute atomic E-state index is 6.07. The van der Waals surface area contributed by atoms with Gasteiger partial charge in [-0.25, -0.2) is 0 Å². The lowest BCUT2D eigenvalue weighted by molar-refractivity contribution is 1.11. The summed E-state index contributed by atoms with van der Waals surface area (Å²) in [5.41, 5.74) is 10.3. The average molecular weight is 348 g/mol. The van der Waals surface area contributed by atoms with Gasteiger partial charge in [0.05, 0.1) is 16.1 Å². The van der Waals surface area contributed by atoms with Crippen LogP contribution >= 0.6 is 27.3 Å². The molecule has 0 aliphatic carbocycles. The Morgan fingerprint density at radius 3 is 2.65 bits per heavy atom.